The van der Waals surface area contributed by atoms with Gasteiger partial charge in [-0.15, -0.1) is 11.8 Å². The second-order valence-corrected chi connectivity index (χ2v) is 8.90. The smallest absolute Gasteiger partial charge is 0.268 e. The van der Waals surface area contributed by atoms with Crippen molar-refractivity contribution < 1.29 is 4.79 Å². The van der Waals surface area contributed by atoms with Crippen molar-refractivity contribution in [2.45, 2.75) is 29.9 Å². The van der Waals surface area contributed by atoms with Crippen LogP contribution in [-0.4, -0.2) is 27.0 Å². The maximum atomic E-state index is 13.0. The topological polar surface area (TPSA) is 64.0 Å². The largest absolute Gasteiger partial charge is 0.325 e. The number of carbonyl (C=O) groups excluding carboxylic acids is 1. The summed E-state index contributed by atoms with van der Waals surface area (Å²) in [5, 5.41) is 3.49. The van der Waals surface area contributed by atoms with E-state index < -0.39 is 0 Å². The number of thioether (sulfide) groups is 2. The highest BCUT2D eigenvalue weighted by molar-refractivity contribution is 8.00. The highest BCUT2D eigenvalue weighted by Crippen LogP contribution is 2.29. The first-order valence-electron chi connectivity index (χ1n) is 9.40. The van der Waals surface area contributed by atoms with Gasteiger partial charge in [-0.2, -0.15) is 0 Å². The molecular formula is C22H21N3O2S2. The Morgan fingerprint density at radius 1 is 1.17 bits per heavy atom. The van der Waals surface area contributed by atoms with Crippen molar-refractivity contribution >= 4 is 35.1 Å². The Bertz CT molecular complexity index is 1080. The molecule has 7 heteroatoms. The van der Waals surface area contributed by atoms with Crippen LogP contribution in [0.1, 0.15) is 16.8 Å². The van der Waals surface area contributed by atoms with Gasteiger partial charge in [0.25, 0.3) is 5.56 Å². The molecular weight excluding hydrogens is 402 g/mol. The number of aromatic nitrogens is 2. The number of carbonyl (C=O) groups is 1. The van der Waals surface area contributed by atoms with Crippen molar-refractivity contribution in [1.29, 1.82) is 0 Å². The zero-order valence-electron chi connectivity index (χ0n) is 16.1. The number of hydrogen-bond donors (Lipinski definition) is 1. The molecule has 0 unspecified atom stereocenters. The van der Waals surface area contributed by atoms with Gasteiger partial charge in [0, 0.05) is 17.9 Å². The molecule has 1 N–H and O–H groups in total. The van der Waals surface area contributed by atoms with E-state index in [2.05, 4.69) is 5.32 Å². The third-order valence-corrected chi connectivity index (χ3v) is 6.68. The van der Waals surface area contributed by atoms with Gasteiger partial charge in [0.2, 0.25) is 5.91 Å². The minimum absolute atomic E-state index is 0.0113. The standard InChI is InChI=1S/C22H21N3O2S2/c1-15-7-9-17(10-8-15)23-19(26)14-29-22-24-18-11-12-28-20(18)21(27)25(22)13-16-5-3-2-4-6-16/h2-10H,11-14H2,1H3,(H,23,26). The highest BCUT2D eigenvalue weighted by Gasteiger charge is 2.22. The zero-order chi connectivity index (χ0) is 20.2. The Hall–Kier alpha value is -2.51. The molecule has 0 radical (unpaired) electrons. The van der Waals surface area contributed by atoms with Gasteiger partial charge in [0.15, 0.2) is 5.16 Å². The van der Waals surface area contributed by atoms with Crippen LogP contribution in [-0.2, 0) is 17.8 Å². The average Bonchev–Trinajstić information content (AvgIpc) is 3.20. The lowest BCUT2D eigenvalue weighted by atomic mass is 10.2. The lowest BCUT2D eigenvalue weighted by Crippen LogP contribution is -2.26. The van der Waals surface area contributed by atoms with Crippen molar-refractivity contribution in [3.05, 3.63) is 81.8 Å². The van der Waals surface area contributed by atoms with Crippen LogP contribution in [0.2, 0.25) is 0 Å². The fraction of sp³-hybridized carbons (Fsp3) is 0.227. The number of nitrogens with zero attached hydrogens (tertiary/aromatic N) is 2. The highest BCUT2D eigenvalue weighted by atomic mass is 32.2. The summed E-state index contributed by atoms with van der Waals surface area (Å²) < 4.78 is 1.69. The van der Waals surface area contributed by atoms with E-state index >= 15 is 0 Å². The lowest BCUT2D eigenvalue weighted by molar-refractivity contribution is -0.113. The summed E-state index contributed by atoms with van der Waals surface area (Å²) in [6.07, 6.45) is 0.796. The molecule has 148 valence electrons. The van der Waals surface area contributed by atoms with Crippen molar-refractivity contribution in [3.63, 3.8) is 0 Å². The summed E-state index contributed by atoms with van der Waals surface area (Å²) in [5.74, 6) is 0.959. The summed E-state index contributed by atoms with van der Waals surface area (Å²) in [4.78, 5) is 30.9. The van der Waals surface area contributed by atoms with Crippen LogP contribution in [0.3, 0.4) is 0 Å². The fourth-order valence-electron chi connectivity index (χ4n) is 3.10. The van der Waals surface area contributed by atoms with Crippen LogP contribution < -0.4 is 10.9 Å². The number of anilines is 1. The third-order valence-electron chi connectivity index (χ3n) is 4.60. The first-order valence-corrected chi connectivity index (χ1v) is 11.4. The molecule has 2 heterocycles. The van der Waals surface area contributed by atoms with Crippen LogP contribution in [0.5, 0.6) is 0 Å². The van der Waals surface area contributed by atoms with Gasteiger partial charge in [0.05, 0.1) is 22.9 Å². The van der Waals surface area contributed by atoms with Crippen LogP contribution in [0.4, 0.5) is 5.69 Å². The number of benzene rings is 2. The molecule has 0 aliphatic carbocycles. The Morgan fingerprint density at radius 2 is 1.93 bits per heavy atom. The van der Waals surface area contributed by atoms with Crippen LogP contribution >= 0.6 is 23.5 Å². The molecule has 3 aromatic rings. The fourth-order valence-corrected chi connectivity index (χ4v) is 4.96. The Labute approximate surface area is 177 Å². The van der Waals surface area contributed by atoms with Crippen molar-refractivity contribution in [1.82, 2.24) is 9.55 Å². The van der Waals surface area contributed by atoms with E-state index in [1.165, 1.54) is 11.8 Å². The predicted molar refractivity (Wildman–Crippen MR) is 119 cm³/mol. The van der Waals surface area contributed by atoms with E-state index in [1.54, 1.807) is 16.3 Å². The second-order valence-electron chi connectivity index (χ2n) is 6.85. The molecule has 0 saturated heterocycles. The maximum absolute atomic E-state index is 13.0. The number of hydrogen-bond acceptors (Lipinski definition) is 5. The van der Waals surface area contributed by atoms with Gasteiger partial charge in [-0.3, -0.25) is 14.2 Å². The molecule has 1 aliphatic rings. The Balaban J connectivity index is 1.54. The summed E-state index contributed by atoms with van der Waals surface area (Å²) in [7, 11) is 0. The number of fused-ring (bicyclic) bond motifs is 1. The van der Waals surface area contributed by atoms with E-state index in [0.717, 1.165) is 39.6 Å². The van der Waals surface area contributed by atoms with Crippen molar-refractivity contribution in [3.8, 4) is 0 Å². The molecule has 5 nitrogen and oxygen atoms in total. The number of nitrogens with one attached hydrogen (secondary N) is 1. The molecule has 0 spiro atoms. The first kappa shape index (κ1) is 19.8. The molecule has 29 heavy (non-hydrogen) atoms. The monoisotopic (exact) mass is 423 g/mol. The summed E-state index contributed by atoms with van der Waals surface area (Å²) >= 11 is 2.88. The van der Waals surface area contributed by atoms with Crippen molar-refractivity contribution in [2.24, 2.45) is 0 Å². The molecule has 0 atom stereocenters. The minimum Gasteiger partial charge on any atom is -0.325 e. The predicted octanol–water partition coefficient (Wildman–Crippen LogP) is 3.98. The first-order chi connectivity index (χ1) is 14.1. The van der Waals surface area contributed by atoms with Gasteiger partial charge in [-0.05, 0) is 24.6 Å². The number of amides is 1. The lowest BCUT2D eigenvalue weighted by Gasteiger charge is -2.14. The molecule has 1 aromatic heterocycles. The van der Waals surface area contributed by atoms with E-state index in [4.69, 9.17) is 4.98 Å². The van der Waals surface area contributed by atoms with Crippen LogP contribution in [0, 0.1) is 6.92 Å². The van der Waals surface area contributed by atoms with Crippen molar-refractivity contribution in [2.75, 3.05) is 16.8 Å². The maximum Gasteiger partial charge on any atom is 0.268 e. The SMILES string of the molecule is Cc1ccc(NC(=O)CSc2nc3c(c(=O)n2Cc2ccccc2)SCC3)cc1. The number of rotatable bonds is 6. The molecule has 1 aliphatic heterocycles. The third kappa shape index (κ3) is 4.74. The van der Waals surface area contributed by atoms with Gasteiger partial charge < -0.3 is 5.32 Å². The molecule has 0 fully saturated rings. The number of aryl methyl sites for hydroxylation is 2. The van der Waals surface area contributed by atoms with E-state index in [9.17, 15) is 9.59 Å². The summed E-state index contributed by atoms with van der Waals surface area (Å²) in [5.41, 5.74) is 3.78. The van der Waals surface area contributed by atoms with Gasteiger partial charge >= 0.3 is 0 Å². The van der Waals surface area contributed by atoms with Gasteiger partial charge in [0.1, 0.15) is 0 Å². The molecule has 0 saturated carbocycles. The molecule has 2 aromatic carbocycles. The Morgan fingerprint density at radius 3 is 2.69 bits per heavy atom. The van der Waals surface area contributed by atoms with Gasteiger partial charge in [-0.25, -0.2) is 4.98 Å². The van der Waals surface area contributed by atoms with Crippen LogP contribution in [0.25, 0.3) is 0 Å². The molecule has 0 bridgehead atoms. The average molecular weight is 424 g/mol. The van der Waals surface area contributed by atoms with E-state index in [-0.39, 0.29) is 17.2 Å². The van der Waals surface area contributed by atoms with Crippen LogP contribution in [0.15, 0.2) is 69.4 Å². The molecule has 4 rings (SSSR count). The zero-order valence-corrected chi connectivity index (χ0v) is 17.7. The van der Waals surface area contributed by atoms with E-state index in [1.807, 2.05) is 61.5 Å². The summed E-state index contributed by atoms with van der Waals surface area (Å²) in [6.45, 7) is 2.45. The summed E-state index contributed by atoms with van der Waals surface area (Å²) in [6, 6.07) is 17.5. The van der Waals surface area contributed by atoms with E-state index in [0.29, 0.717) is 11.7 Å². The second kappa shape index (κ2) is 8.88. The molecule has 1 amide bonds. The van der Waals surface area contributed by atoms with Gasteiger partial charge in [-0.1, -0.05) is 59.8 Å². The Kier molecular flexibility index (Phi) is 6.06. The quantitative estimate of drug-likeness (QED) is 0.480. The minimum atomic E-state index is -0.116. The normalized spacial score (nSPS) is 12.6.